The molecule has 0 radical (unpaired) electrons. The molecule has 0 aliphatic carbocycles. The second-order valence-electron chi connectivity index (χ2n) is 8.86. The molecule has 3 aliphatic rings. The van der Waals surface area contributed by atoms with Gasteiger partial charge in [-0.2, -0.15) is 0 Å². The van der Waals surface area contributed by atoms with E-state index in [1.165, 1.54) is 17.3 Å². The number of hydrogen-bond acceptors (Lipinski definition) is 6. The molecule has 2 saturated heterocycles. The molecule has 5 rings (SSSR count). The number of amidine groups is 1. The van der Waals surface area contributed by atoms with Gasteiger partial charge in [-0.15, -0.1) is 0 Å². The number of amides is 1. The molecule has 1 N–H and O–H groups in total. The topological polar surface area (TPSA) is 78.8 Å². The second kappa shape index (κ2) is 8.90. The van der Waals surface area contributed by atoms with Crippen molar-refractivity contribution in [2.75, 3.05) is 29.9 Å². The van der Waals surface area contributed by atoms with Gasteiger partial charge < -0.3 is 10.2 Å². The maximum absolute atomic E-state index is 12.9. The average Bonchev–Trinajstić information content (AvgIpc) is 3.27. The first-order valence-corrected chi connectivity index (χ1v) is 13.8. The molecule has 2 atom stereocenters. The molecule has 0 saturated carbocycles. The van der Waals surface area contributed by atoms with Gasteiger partial charge in [0.2, 0.25) is 0 Å². The minimum Gasteiger partial charge on any atom is -0.339 e. The van der Waals surface area contributed by atoms with Gasteiger partial charge in [0.1, 0.15) is 0 Å². The van der Waals surface area contributed by atoms with Crippen LogP contribution in [0.25, 0.3) is 0 Å². The number of likely N-dealkylation sites (tertiary alicyclic amines) is 1. The Bertz CT molecular complexity index is 1110. The van der Waals surface area contributed by atoms with E-state index < -0.39 is 9.84 Å². The van der Waals surface area contributed by atoms with E-state index in [1.54, 1.807) is 0 Å². The number of nitrogens with one attached hydrogen (secondary N) is 1. The normalized spacial score (nSPS) is 24.8. The fraction of sp³-hybridized carbons (Fsp3) is 0.417. The van der Waals surface area contributed by atoms with Crippen molar-refractivity contribution < 1.29 is 13.2 Å². The lowest BCUT2D eigenvalue weighted by molar-refractivity contribution is 0.0690. The number of anilines is 1. The van der Waals surface area contributed by atoms with Crippen molar-refractivity contribution in [1.82, 2.24) is 4.90 Å². The van der Waals surface area contributed by atoms with Crippen molar-refractivity contribution in [2.45, 2.75) is 30.6 Å². The molecule has 0 bridgehead atoms. The fourth-order valence-corrected chi connectivity index (χ4v) is 8.38. The molecular formula is C24H27N3O3S2. The van der Waals surface area contributed by atoms with Crippen LogP contribution in [-0.4, -0.2) is 60.3 Å². The van der Waals surface area contributed by atoms with Crippen LogP contribution >= 0.6 is 11.8 Å². The Kier molecular flexibility index (Phi) is 5.99. The molecule has 6 nitrogen and oxygen atoms in total. The molecule has 168 valence electrons. The van der Waals surface area contributed by atoms with E-state index in [4.69, 9.17) is 0 Å². The Labute approximate surface area is 193 Å². The van der Waals surface area contributed by atoms with Crippen LogP contribution in [0.5, 0.6) is 0 Å². The van der Waals surface area contributed by atoms with Crippen LogP contribution in [0.2, 0.25) is 0 Å². The van der Waals surface area contributed by atoms with Crippen LogP contribution in [0.3, 0.4) is 0 Å². The van der Waals surface area contributed by atoms with Crippen molar-refractivity contribution in [3.05, 3.63) is 65.7 Å². The van der Waals surface area contributed by atoms with E-state index in [9.17, 15) is 13.2 Å². The van der Waals surface area contributed by atoms with Gasteiger partial charge in [-0.25, -0.2) is 8.42 Å². The summed E-state index contributed by atoms with van der Waals surface area (Å²) < 4.78 is 23.4. The smallest absolute Gasteiger partial charge is 0.253 e. The van der Waals surface area contributed by atoms with Crippen LogP contribution in [0.4, 0.5) is 5.69 Å². The van der Waals surface area contributed by atoms with Crippen molar-refractivity contribution in [3.8, 4) is 0 Å². The molecule has 0 unspecified atom stereocenters. The monoisotopic (exact) mass is 469 g/mol. The van der Waals surface area contributed by atoms with Gasteiger partial charge in [0, 0.05) is 29.6 Å². The van der Waals surface area contributed by atoms with Gasteiger partial charge in [0.25, 0.3) is 5.91 Å². The third-order valence-corrected chi connectivity index (χ3v) is 9.61. The molecule has 1 amide bonds. The van der Waals surface area contributed by atoms with Crippen LogP contribution in [0, 0.1) is 5.92 Å². The average molecular weight is 470 g/mol. The quantitative estimate of drug-likeness (QED) is 0.742. The first kappa shape index (κ1) is 21.5. The molecule has 0 aromatic heterocycles. The number of carbonyl (C=O) groups excluding carboxylic acids is 1. The fourth-order valence-electron chi connectivity index (χ4n) is 4.71. The maximum atomic E-state index is 12.9. The van der Waals surface area contributed by atoms with Crippen molar-refractivity contribution >= 4 is 38.4 Å². The highest BCUT2D eigenvalue weighted by atomic mass is 32.2. The van der Waals surface area contributed by atoms with E-state index in [0.717, 1.165) is 43.2 Å². The largest absolute Gasteiger partial charge is 0.339 e. The Morgan fingerprint density at radius 3 is 2.44 bits per heavy atom. The molecule has 32 heavy (non-hydrogen) atoms. The lowest BCUT2D eigenvalue weighted by Gasteiger charge is -2.32. The number of rotatable bonds is 4. The van der Waals surface area contributed by atoms with Gasteiger partial charge >= 0.3 is 0 Å². The second-order valence-corrected chi connectivity index (χ2v) is 12.2. The highest BCUT2D eigenvalue weighted by Crippen LogP contribution is 2.34. The van der Waals surface area contributed by atoms with E-state index in [2.05, 4.69) is 34.6 Å². The van der Waals surface area contributed by atoms with Gasteiger partial charge in [0.05, 0.1) is 17.5 Å². The number of hydrogen-bond donors (Lipinski definition) is 1. The Morgan fingerprint density at radius 1 is 1.03 bits per heavy atom. The predicted octanol–water partition coefficient (Wildman–Crippen LogP) is 3.46. The summed E-state index contributed by atoms with van der Waals surface area (Å²) in [6.07, 6.45) is 3.16. The van der Waals surface area contributed by atoms with Gasteiger partial charge in [0.15, 0.2) is 15.0 Å². The maximum Gasteiger partial charge on any atom is 0.253 e. The number of carbonyl (C=O) groups is 1. The highest BCUT2D eigenvalue weighted by molar-refractivity contribution is 8.15. The number of piperidine rings is 1. The third-order valence-electron chi connectivity index (χ3n) is 6.47. The zero-order valence-electron chi connectivity index (χ0n) is 17.8. The number of aliphatic imine (C=N–C) groups is 1. The van der Waals surface area contributed by atoms with E-state index >= 15 is 0 Å². The number of thioether (sulfide) groups is 1. The van der Waals surface area contributed by atoms with Crippen molar-refractivity contribution in [3.63, 3.8) is 0 Å². The number of sulfone groups is 1. The SMILES string of the molecule is O=C(c1ccc(NC2=N[C@@H]3CS(=O)(=O)C[C@@H]3S2)cc1)N1CCC(Cc2ccccc2)CC1. The van der Waals surface area contributed by atoms with Crippen LogP contribution in [0.1, 0.15) is 28.8 Å². The zero-order valence-corrected chi connectivity index (χ0v) is 19.4. The molecule has 3 aliphatic heterocycles. The summed E-state index contributed by atoms with van der Waals surface area (Å²) in [6.45, 7) is 1.60. The van der Waals surface area contributed by atoms with Gasteiger partial charge in [-0.1, -0.05) is 42.1 Å². The summed E-state index contributed by atoms with van der Waals surface area (Å²) in [6, 6.07) is 17.9. The lowest BCUT2D eigenvalue weighted by Crippen LogP contribution is -2.38. The highest BCUT2D eigenvalue weighted by Gasteiger charge is 2.42. The number of nitrogens with zero attached hydrogens (tertiary/aromatic N) is 2. The number of fused-ring (bicyclic) bond motifs is 1. The minimum atomic E-state index is -2.95. The Morgan fingerprint density at radius 2 is 1.75 bits per heavy atom. The lowest BCUT2D eigenvalue weighted by atomic mass is 9.90. The summed E-state index contributed by atoms with van der Waals surface area (Å²) >= 11 is 1.50. The van der Waals surface area contributed by atoms with Crippen molar-refractivity contribution in [1.29, 1.82) is 0 Å². The van der Waals surface area contributed by atoms with Gasteiger partial charge in [-0.3, -0.25) is 9.79 Å². The molecule has 2 aromatic carbocycles. The molecular weight excluding hydrogens is 442 g/mol. The minimum absolute atomic E-state index is 0.0215. The van der Waals surface area contributed by atoms with E-state index in [0.29, 0.717) is 11.5 Å². The van der Waals surface area contributed by atoms with Crippen LogP contribution in [0.15, 0.2) is 59.6 Å². The molecule has 0 spiro atoms. The molecule has 8 heteroatoms. The summed E-state index contributed by atoms with van der Waals surface area (Å²) in [5.74, 6) is 1.06. The molecule has 3 heterocycles. The first-order valence-electron chi connectivity index (χ1n) is 11.1. The van der Waals surface area contributed by atoms with Crippen molar-refractivity contribution in [2.24, 2.45) is 10.9 Å². The summed E-state index contributed by atoms with van der Waals surface area (Å²) in [7, 11) is -2.95. The summed E-state index contributed by atoms with van der Waals surface area (Å²) in [5, 5.41) is 4.04. The third kappa shape index (κ3) is 4.86. The summed E-state index contributed by atoms with van der Waals surface area (Å²) in [5.41, 5.74) is 2.92. The number of benzene rings is 2. The van der Waals surface area contributed by atoms with Crippen LogP contribution < -0.4 is 5.32 Å². The molecule has 2 fully saturated rings. The Balaban J connectivity index is 1.13. The predicted molar refractivity (Wildman–Crippen MR) is 130 cm³/mol. The van der Waals surface area contributed by atoms with E-state index in [-0.39, 0.29) is 28.7 Å². The summed E-state index contributed by atoms with van der Waals surface area (Å²) in [4.78, 5) is 19.4. The standard InChI is InChI=1S/C24H27N3O3S2/c28-23(27-12-10-18(11-13-27)14-17-4-2-1-3-5-17)19-6-8-20(9-7-19)25-24-26-21-15-32(29,30)16-22(21)31-24/h1-9,18,21-22H,10-16H2,(H,25,26)/t21-,22+/m1/s1. The Hall–Kier alpha value is -2.32. The first-order chi connectivity index (χ1) is 15.4. The van der Waals surface area contributed by atoms with Crippen LogP contribution in [-0.2, 0) is 16.3 Å². The van der Waals surface area contributed by atoms with E-state index in [1.807, 2.05) is 35.2 Å². The van der Waals surface area contributed by atoms with Gasteiger partial charge in [-0.05, 0) is 55.0 Å². The molecule has 2 aromatic rings. The zero-order chi connectivity index (χ0) is 22.1.